The molecule has 28 heavy (non-hydrogen) atoms. The molecule has 1 aromatic heterocycles. The van der Waals surface area contributed by atoms with Gasteiger partial charge in [0.15, 0.2) is 5.92 Å². The summed E-state index contributed by atoms with van der Waals surface area (Å²) < 4.78 is 48.3. The molecule has 0 fully saturated rings. The molecule has 9 heteroatoms. The van der Waals surface area contributed by atoms with Crippen LogP contribution in [0.1, 0.15) is 30.9 Å². The van der Waals surface area contributed by atoms with E-state index in [0.29, 0.717) is 11.8 Å². The third-order valence-electron chi connectivity index (χ3n) is 3.71. The lowest BCUT2D eigenvalue weighted by atomic mass is 9.96. The normalized spacial score (nSPS) is 11.4. The van der Waals surface area contributed by atoms with Crippen LogP contribution in [0.15, 0.2) is 36.5 Å². The number of hydrogen-bond acceptors (Lipinski definition) is 5. The molecule has 0 bridgehead atoms. The molecule has 0 atom stereocenters. The number of aromatic nitrogens is 1. The van der Waals surface area contributed by atoms with Crippen LogP contribution in [0.4, 0.5) is 13.2 Å². The van der Waals surface area contributed by atoms with Gasteiger partial charge in [0.2, 0.25) is 0 Å². The molecule has 0 N–H and O–H groups in total. The van der Waals surface area contributed by atoms with Crippen LogP contribution in [0.25, 0.3) is 11.3 Å². The Kier molecular flexibility index (Phi) is 7.01. The fraction of sp³-hybridized carbons (Fsp3) is 0.316. The summed E-state index contributed by atoms with van der Waals surface area (Å²) >= 11 is 5.98. The van der Waals surface area contributed by atoms with E-state index >= 15 is 0 Å². The van der Waals surface area contributed by atoms with E-state index in [-0.39, 0.29) is 29.5 Å². The molecule has 0 aliphatic heterocycles. The highest BCUT2D eigenvalue weighted by Gasteiger charge is 2.33. The van der Waals surface area contributed by atoms with Crippen molar-refractivity contribution in [3.05, 3.63) is 52.7 Å². The number of carbonyl (C=O) groups excluding carboxylic acids is 2. The van der Waals surface area contributed by atoms with Gasteiger partial charge in [0.25, 0.3) is 0 Å². The second-order valence-corrected chi connectivity index (χ2v) is 6.02. The maximum absolute atomic E-state index is 12.8. The highest BCUT2D eigenvalue weighted by Crippen LogP contribution is 2.34. The summed E-state index contributed by atoms with van der Waals surface area (Å²) in [4.78, 5) is 28.3. The number of esters is 2. The smallest absolute Gasteiger partial charge is 0.417 e. The van der Waals surface area contributed by atoms with Gasteiger partial charge in [-0.1, -0.05) is 29.8 Å². The van der Waals surface area contributed by atoms with Crippen LogP contribution in [0, 0.1) is 0 Å². The Morgan fingerprint density at radius 2 is 1.71 bits per heavy atom. The van der Waals surface area contributed by atoms with Crippen LogP contribution in [-0.4, -0.2) is 30.1 Å². The molecule has 0 aliphatic rings. The zero-order valence-corrected chi connectivity index (χ0v) is 15.8. The van der Waals surface area contributed by atoms with Crippen molar-refractivity contribution >= 4 is 23.5 Å². The molecular formula is C19H17ClF3NO4. The van der Waals surface area contributed by atoms with Crippen LogP contribution in [0.2, 0.25) is 5.02 Å². The van der Waals surface area contributed by atoms with Crippen LogP contribution >= 0.6 is 11.6 Å². The van der Waals surface area contributed by atoms with E-state index in [1.165, 1.54) is 18.2 Å². The third-order valence-corrected chi connectivity index (χ3v) is 3.99. The molecule has 0 saturated heterocycles. The summed E-state index contributed by atoms with van der Waals surface area (Å²) in [5.41, 5.74) is -0.293. The molecule has 0 unspecified atom stereocenters. The van der Waals surface area contributed by atoms with Crippen molar-refractivity contribution in [2.75, 3.05) is 13.2 Å². The quantitative estimate of drug-likeness (QED) is 0.508. The highest BCUT2D eigenvalue weighted by molar-refractivity contribution is 6.33. The van der Waals surface area contributed by atoms with Gasteiger partial charge in [0, 0.05) is 11.8 Å². The molecule has 2 rings (SSSR count). The Morgan fingerprint density at radius 1 is 1.11 bits per heavy atom. The molecule has 1 aromatic carbocycles. The average molecular weight is 416 g/mol. The highest BCUT2D eigenvalue weighted by atomic mass is 35.5. The number of carbonyl (C=O) groups is 2. The minimum Gasteiger partial charge on any atom is -0.465 e. The molecule has 0 aliphatic carbocycles. The van der Waals surface area contributed by atoms with Crippen LogP contribution in [0.5, 0.6) is 0 Å². The van der Waals surface area contributed by atoms with Crippen LogP contribution in [-0.2, 0) is 25.2 Å². The summed E-state index contributed by atoms with van der Waals surface area (Å²) in [7, 11) is 0. The minimum absolute atomic E-state index is 0.0702. The minimum atomic E-state index is -4.57. The number of halogens is 4. The van der Waals surface area contributed by atoms with Crippen molar-refractivity contribution < 1.29 is 32.2 Å². The Bertz CT molecular complexity index is 852. The van der Waals surface area contributed by atoms with Gasteiger partial charge < -0.3 is 9.47 Å². The van der Waals surface area contributed by atoms with E-state index in [2.05, 4.69) is 4.98 Å². The fourth-order valence-electron chi connectivity index (χ4n) is 2.49. The Hall–Kier alpha value is -2.61. The Morgan fingerprint density at radius 3 is 2.21 bits per heavy atom. The Balaban J connectivity index is 2.46. The van der Waals surface area contributed by atoms with Gasteiger partial charge in [-0.2, -0.15) is 13.2 Å². The number of benzene rings is 1. The summed E-state index contributed by atoms with van der Waals surface area (Å²) in [5, 5.41) is -0.212. The standard InChI is InChI=1S/C19H17ClF3NO4/c1-3-27-17(25)15(18(26)28-4-2)11-6-5-7-12(8-11)16-14(20)9-13(10-24-16)19(21,22)23/h5-10,15H,3-4H2,1-2H3. The van der Waals surface area contributed by atoms with Crippen molar-refractivity contribution in [1.29, 1.82) is 0 Å². The van der Waals surface area contributed by atoms with Crippen molar-refractivity contribution in [3.8, 4) is 11.3 Å². The van der Waals surface area contributed by atoms with E-state index < -0.39 is 29.6 Å². The lowest BCUT2D eigenvalue weighted by molar-refractivity contribution is -0.157. The molecule has 0 spiro atoms. The second kappa shape index (κ2) is 9.05. The van der Waals surface area contributed by atoms with Crippen molar-refractivity contribution in [3.63, 3.8) is 0 Å². The topological polar surface area (TPSA) is 65.5 Å². The van der Waals surface area contributed by atoms with Crippen molar-refractivity contribution in [1.82, 2.24) is 4.98 Å². The van der Waals surface area contributed by atoms with Crippen LogP contribution < -0.4 is 0 Å². The zero-order chi connectivity index (χ0) is 20.9. The monoisotopic (exact) mass is 415 g/mol. The number of ether oxygens (including phenoxy) is 2. The molecular weight excluding hydrogens is 399 g/mol. The predicted octanol–water partition coefficient (Wildman–Crippen LogP) is 4.63. The van der Waals surface area contributed by atoms with E-state index in [9.17, 15) is 22.8 Å². The lowest BCUT2D eigenvalue weighted by Crippen LogP contribution is -2.26. The van der Waals surface area contributed by atoms with Gasteiger partial charge in [0.05, 0.1) is 29.5 Å². The van der Waals surface area contributed by atoms with Gasteiger partial charge in [-0.25, -0.2) is 0 Å². The molecule has 2 aromatic rings. The number of alkyl halides is 3. The van der Waals surface area contributed by atoms with Gasteiger partial charge in [0.1, 0.15) is 0 Å². The number of pyridine rings is 1. The first-order valence-corrected chi connectivity index (χ1v) is 8.73. The number of nitrogens with zero attached hydrogens (tertiary/aromatic N) is 1. The Labute approximate surface area is 164 Å². The van der Waals surface area contributed by atoms with E-state index in [4.69, 9.17) is 21.1 Å². The third kappa shape index (κ3) is 5.01. The molecule has 0 amide bonds. The van der Waals surface area contributed by atoms with Gasteiger partial charge in [-0.15, -0.1) is 0 Å². The lowest BCUT2D eigenvalue weighted by Gasteiger charge is -2.16. The first-order valence-electron chi connectivity index (χ1n) is 8.35. The molecule has 150 valence electrons. The zero-order valence-electron chi connectivity index (χ0n) is 15.0. The summed E-state index contributed by atoms with van der Waals surface area (Å²) in [6.45, 7) is 3.34. The molecule has 5 nitrogen and oxygen atoms in total. The second-order valence-electron chi connectivity index (χ2n) is 5.61. The van der Waals surface area contributed by atoms with Gasteiger partial charge >= 0.3 is 18.1 Å². The largest absolute Gasteiger partial charge is 0.465 e. The summed E-state index contributed by atoms with van der Waals surface area (Å²) in [5.74, 6) is -2.90. The summed E-state index contributed by atoms with van der Waals surface area (Å²) in [6, 6.07) is 6.81. The first-order chi connectivity index (χ1) is 13.2. The fourth-order valence-corrected chi connectivity index (χ4v) is 2.77. The maximum Gasteiger partial charge on any atom is 0.417 e. The van der Waals surface area contributed by atoms with Crippen molar-refractivity contribution in [2.24, 2.45) is 0 Å². The predicted molar refractivity (Wildman–Crippen MR) is 95.7 cm³/mol. The van der Waals surface area contributed by atoms with Gasteiger partial charge in [-0.3, -0.25) is 14.6 Å². The molecule has 0 saturated carbocycles. The van der Waals surface area contributed by atoms with Crippen molar-refractivity contribution in [2.45, 2.75) is 25.9 Å². The van der Waals surface area contributed by atoms with E-state index in [1.807, 2.05) is 0 Å². The maximum atomic E-state index is 12.8. The molecule has 1 heterocycles. The summed E-state index contributed by atoms with van der Waals surface area (Å²) in [6.07, 6.45) is -3.90. The van der Waals surface area contributed by atoms with Gasteiger partial charge in [-0.05, 0) is 31.5 Å². The van der Waals surface area contributed by atoms with Crippen LogP contribution in [0.3, 0.4) is 0 Å². The number of rotatable bonds is 6. The number of hydrogen-bond donors (Lipinski definition) is 0. The van der Waals surface area contributed by atoms with E-state index in [1.54, 1.807) is 19.9 Å². The first kappa shape index (κ1) is 21.7. The SMILES string of the molecule is CCOC(=O)C(C(=O)OCC)c1cccc(-c2ncc(C(F)(F)F)cc2Cl)c1. The average Bonchev–Trinajstić information content (AvgIpc) is 2.62. The molecule has 0 radical (unpaired) electrons. The van der Waals surface area contributed by atoms with E-state index in [0.717, 1.165) is 6.07 Å².